The zero-order valence-corrected chi connectivity index (χ0v) is 9.66. The van der Waals surface area contributed by atoms with Gasteiger partial charge in [0.15, 0.2) is 0 Å². The SMILES string of the molecule is CNCCc1ncc(C(C)(C)C)s1. The van der Waals surface area contributed by atoms with Crippen LogP contribution in [0.25, 0.3) is 0 Å². The number of aromatic nitrogens is 1. The van der Waals surface area contributed by atoms with Gasteiger partial charge in [-0.2, -0.15) is 0 Å². The molecule has 0 spiro atoms. The van der Waals surface area contributed by atoms with E-state index in [1.165, 1.54) is 9.88 Å². The minimum Gasteiger partial charge on any atom is -0.319 e. The number of nitrogens with zero attached hydrogens (tertiary/aromatic N) is 1. The van der Waals surface area contributed by atoms with Gasteiger partial charge >= 0.3 is 0 Å². The molecule has 0 fully saturated rings. The van der Waals surface area contributed by atoms with Crippen LogP contribution in [0.15, 0.2) is 6.20 Å². The lowest BCUT2D eigenvalue weighted by Crippen LogP contribution is -2.10. The number of thiazole rings is 1. The van der Waals surface area contributed by atoms with Crippen LogP contribution in [0, 0.1) is 0 Å². The lowest BCUT2D eigenvalue weighted by Gasteiger charge is -2.14. The molecule has 1 aromatic heterocycles. The minimum atomic E-state index is 0.246. The summed E-state index contributed by atoms with van der Waals surface area (Å²) in [6.07, 6.45) is 3.05. The van der Waals surface area contributed by atoms with Crippen LogP contribution in [0.2, 0.25) is 0 Å². The Labute approximate surface area is 84.4 Å². The van der Waals surface area contributed by atoms with E-state index in [4.69, 9.17) is 0 Å². The Morgan fingerprint density at radius 3 is 2.62 bits per heavy atom. The predicted molar refractivity (Wildman–Crippen MR) is 58.4 cm³/mol. The third-order valence-electron chi connectivity index (χ3n) is 1.88. The highest BCUT2D eigenvalue weighted by Crippen LogP contribution is 2.27. The van der Waals surface area contributed by atoms with Crippen LogP contribution in [-0.2, 0) is 11.8 Å². The van der Waals surface area contributed by atoms with Crippen LogP contribution < -0.4 is 5.32 Å². The van der Waals surface area contributed by atoms with Gasteiger partial charge in [-0.15, -0.1) is 11.3 Å². The topological polar surface area (TPSA) is 24.9 Å². The van der Waals surface area contributed by atoms with Crippen molar-refractivity contribution < 1.29 is 0 Å². The second-order valence-corrected chi connectivity index (χ2v) is 5.34. The number of likely N-dealkylation sites (N-methyl/N-ethyl adjacent to an activating group) is 1. The molecular formula is C10H18N2S. The van der Waals surface area contributed by atoms with Crippen molar-refractivity contribution in [3.8, 4) is 0 Å². The monoisotopic (exact) mass is 198 g/mol. The highest BCUT2D eigenvalue weighted by atomic mass is 32.1. The molecule has 1 rings (SSSR count). The van der Waals surface area contributed by atoms with E-state index in [9.17, 15) is 0 Å². The maximum atomic E-state index is 4.40. The van der Waals surface area contributed by atoms with E-state index in [-0.39, 0.29) is 5.41 Å². The molecular weight excluding hydrogens is 180 g/mol. The molecule has 0 aliphatic rings. The first-order chi connectivity index (χ1) is 6.04. The quantitative estimate of drug-likeness (QED) is 0.805. The molecule has 0 saturated carbocycles. The molecule has 1 aromatic rings. The molecule has 13 heavy (non-hydrogen) atoms. The second kappa shape index (κ2) is 4.20. The highest BCUT2D eigenvalue weighted by Gasteiger charge is 2.16. The average molecular weight is 198 g/mol. The Balaban J connectivity index is 2.64. The normalized spacial score (nSPS) is 12.0. The third kappa shape index (κ3) is 3.08. The van der Waals surface area contributed by atoms with Crippen molar-refractivity contribution in [3.63, 3.8) is 0 Å². The largest absolute Gasteiger partial charge is 0.319 e. The van der Waals surface area contributed by atoms with Gasteiger partial charge in [0.1, 0.15) is 0 Å². The fourth-order valence-corrected chi connectivity index (χ4v) is 1.98. The van der Waals surface area contributed by atoms with E-state index in [0.29, 0.717) is 0 Å². The standard InChI is InChI=1S/C10H18N2S/c1-10(2,3)8-7-12-9(13-8)5-6-11-4/h7,11H,5-6H2,1-4H3. The number of hydrogen-bond acceptors (Lipinski definition) is 3. The van der Waals surface area contributed by atoms with Crippen LogP contribution in [0.1, 0.15) is 30.7 Å². The number of hydrogen-bond donors (Lipinski definition) is 1. The molecule has 1 heterocycles. The van der Waals surface area contributed by atoms with Crippen molar-refractivity contribution in [3.05, 3.63) is 16.1 Å². The average Bonchev–Trinajstić information content (AvgIpc) is 2.47. The Kier molecular flexibility index (Phi) is 3.45. The number of rotatable bonds is 3. The van der Waals surface area contributed by atoms with Crippen molar-refractivity contribution in [1.82, 2.24) is 10.3 Å². The van der Waals surface area contributed by atoms with E-state index in [1.807, 2.05) is 24.6 Å². The van der Waals surface area contributed by atoms with Crippen molar-refractivity contribution in [1.29, 1.82) is 0 Å². The van der Waals surface area contributed by atoms with Crippen LogP contribution in [-0.4, -0.2) is 18.6 Å². The fourth-order valence-electron chi connectivity index (χ4n) is 1.00. The summed E-state index contributed by atoms with van der Waals surface area (Å²) in [5.74, 6) is 0. The van der Waals surface area contributed by atoms with E-state index in [2.05, 4.69) is 31.1 Å². The molecule has 0 atom stereocenters. The Bertz CT molecular complexity index is 260. The summed E-state index contributed by atoms with van der Waals surface area (Å²) in [4.78, 5) is 5.77. The van der Waals surface area contributed by atoms with Gasteiger partial charge in [-0.25, -0.2) is 4.98 Å². The summed E-state index contributed by atoms with van der Waals surface area (Å²) in [5.41, 5.74) is 0.246. The van der Waals surface area contributed by atoms with E-state index in [0.717, 1.165) is 13.0 Å². The summed E-state index contributed by atoms with van der Waals surface area (Å²) >= 11 is 1.83. The van der Waals surface area contributed by atoms with Crippen LogP contribution >= 0.6 is 11.3 Å². The molecule has 0 saturated heterocycles. The molecule has 0 unspecified atom stereocenters. The molecule has 3 heteroatoms. The summed E-state index contributed by atoms with van der Waals surface area (Å²) in [5, 5.41) is 4.37. The lowest BCUT2D eigenvalue weighted by atomic mass is 9.96. The molecule has 0 bridgehead atoms. The third-order valence-corrected chi connectivity index (χ3v) is 3.36. The van der Waals surface area contributed by atoms with Crippen molar-refractivity contribution in [2.24, 2.45) is 0 Å². The van der Waals surface area contributed by atoms with Gasteiger partial charge in [0.25, 0.3) is 0 Å². The molecule has 74 valence electrons. The molecule has 0 aliphatic heterocycles. The maximum Gasteiger partial charge on any atom is 0.0940 e. The lowest BCUT2D eigenvalue weighted by molar-refractivity contribution is 0.602. The molecule has 0 aliphatic carbocycles. The first-order valence-corrected chi connectivity index (χ1v) is 5.45. The zero-order chi connectivity index (χ0) is 9.90. The van der Waals surface area contributed by atoms with Crippen LogP contribution in [0.3, 0.4) is 0 Å². The predicted octanol–water partition coefficient (Wildman–Crippen LogP) is 2.20. The summed E-state index contributed by atoms with van der Waals surface area (Å²) in [6.45, 7) is 7.68. The Morgan fingerprint density at radius 2 is 2.15 bits per heavy atom. The Hall–Kier alpha value is -0.410. The molecule has 0 aromatic carbocycles. The van der Waals surface area contributed by atoms with Gasteiger partial charge in [0.05, 0.1) is 5.01 Å². The minimum absolute atomic E-state index is 0.246. The van der Waals surface area contributed by atoms with E-state index in [1.54, 1.807) is 0 Å². The molecule has 0 amide bonds. The van der Waals surface area contributed by atoms with Gasteiger partial charge in [-0.05, 0) is 12.5 Å². The smallest absolute Gasteiger partial charge is 0.0940 e. The summed E-state index contributed by atoms with van der Waals surface area (Å²) in [7, 11) is 1.97. The zero-order valence-electron chi connectivity index (χ0n) is 8.85. The number of nitrogens with one attached hydrogen (secondary N) is 1. The summed E-state index contributed by atoms with van der Waals surface area (Å²) < 4.78 is 0. The summed E-state index contributed by atoms with van der Waals surface area (Å²) in [6, 6.07) is 0. The van der Waals surface area contributed by atoms with Gasteiger partial charge in [-0.3, -0.25) is 0 Å². The van der Waals surface area contributed by atoms with Crippen molar-refractivity contribution in [2.75, 3.05) is 13.6 Å². The molecule has 0 radical (unpaired) electrons. The fraction of sp³-hybridized carbons (Fsp3) is 0.700. The van der Waals surface area contributed by atoms with Crippen LogP contribution in [0.4, 0.5) is 0 Å². The van der Waals surface area contributed by atoms with Crippen LogP contribution in [0.5, 0.6) is 0 Å². The molecule has 2 nitrogen and oxygen atoms in total. The second-order valence-electron chi connectivity index (χ2n) is 4.22. The highest BCUT2D eigenvalue weighted by molar-refractivity contribution is 7.11. The van der Waals surface area contributed by atoms with E-state index >= 15 is 0 Å². The van der Waals surface area contributed by atoms with E-state index < -0.39 is 0 Å². The van der Waals surface area contributed by atoms with Gasteiger partial charge in [0.2, 0.25) is 0 Å². The van der Waals surface area contributed by atoms with Gasteiger partial charge in [-0.1, -0.05) is 20.8 Å². The Morgan fingerprint density at radius 1 is 1.46 bits per heavy atom. The van der Waals surface area contributed by atoms with Crippen molar-refractivity contribution >= 4 is 11.3 Å². The first kappa shape index (κ1) is 10.7. The van der Waals surface area contributed by atoms with Gasteiger partial charge in [0, 0.05) is 24.0 Å². The molecule has 1 N–H and O–H groups in total. The van der Waals surface area contributed by atoms with Crippen molar-refractivity contribution in [2.45, 2.75) is 32.6 Å². The van der Waals surface area contributed by atoms with Gasteiger partial charge < -0.3 is 5.32 Å². The maximum absolute atomic E-state index is 4.40. The first-order valence-electron chi connectivity index (χ1n) is 4.64.